The Bertz CT molecular complexity index is 465. The van der Waals surface area contributed by atoms with E-state index in [1.165, 1.54) is 12.8 Å². The lowest BCUT2D eigenvalue weighted by Crippen LogP contribution is -2.39. The minimum atomic E-state index is 0.105. The molecule has 3 rings (SSSR count). The van der Waals surface area contributed by atoms with Gasteiger partial charge in [-0.1, -0.05) is 17.7 Å². The van der Waals surface area contributed by atoms with Crippen LogP contribution in [0, 0.1) is 5.92 Å². The Hall–Kier alpha value is -1.06. The summed E-state index contributed by atoms with van der Waals surface area (Å²) in [5, 5.41) is 7.19. The van der Waals surface area contributed by atoms with E-state index in [1.807, 2.05) is 18.2 Å². The first-order valence-corrected chi connectivity index (χ1v) is 7.38. The molecule has 2 aliphatic heterocycles. The molecule has 2 fully saturated rings. The van der Waals surface area contributed by atoms with Crippen molar-refractivity contribution in [2.45, 2.75) is 44.2 Å². The summed E-state index contributed by atoms with van der Waals surface area (Å²) in [5.74, 6) is 0.631. The molecule has 1 aromatic carbocycles. The van der Waals surface area contributed by atoms with Crippen LogP contribution in [0.25, 0.3) is 0 Å². The van der Waals surface area contributed by atoms with Crippen molar-refractivity contribution in [3.63, 3.8) is 0 Å². The average Bonchev–Trinajstić information content (AvgIpc) is 2.68. The molecule has 2 aliphatic rings. The molecule has 2 bridgehead atoms. The number of carbonyl (C=O) groups is 1. The summed E-state index contributed by atoms with van der Waals surface area (Å²) in [6, 6.07) is 8.59. The standard InChI is InChI=1S/C15H19ClN2O/c16-11-2-1-3-12(9-11)18-15(19)8-10-6-13-4-5-14(7-10)17-13/h1-3,9-10,13-14,17H,4-8H2,(H,18,19). The molecule has 0 aliphatic carbocycles. The summed E-state index contributed by atoms with van der Waals surface area (Å²) in [5.41, 5.74) is 0.786. The fourth-order valence-electron chi connectivity index (χ4n) is 3.38. The van der Waals surface area contributed by atoms with Crippen LogP contribution in [0.2, 0.25) is 5.02 Å². The number of nitrogens with one attached hydrogen (secondary N) is 2. The zero-order valence-corrected chi connectivity index (χ0v) is 11.6. The van der Waals surface area contributed by atoms with Gasteiger partial charge in [-0.05, 0) is 49.8 Å². The van der Waals surface area contributed by atoms with E-state index in [1.54, 1.807) is 6.07 Å². The highest BCUT2D eigenvalue weighted by molar-refractivity contribution is 6.30. The van der Waals surface area contributed by atoms with Crippen molar-refractivity contribution in [3.8, 4) is 0 Å². The molecule has 102 valence electrons. The van der Waals surface area contributed by atoms with Gasteiger partial charge >= 0.3 is 0 Å². The Balaban J connectivity index is 1.54. The predicted octanol–water partition coefficient (Wildman–Crippen LogP) is 3.20. The highest BCUT2D eigenvalue weighted by Gasteiger charge is 2.34. The SMILES string of the molecule is O=C(CC1CC2CCC(C1)N2)Nc1cccc(Cl)c1. The summed E-state index contributed by atoms with van der Waals surface area (Å²) in [7, 11) is 0. The highest BCUT2D eigenvalue weighted by atomic mass is 35.5. The Labute approximate surface area is 118 Å². The molecule has 2 heterocycles. The molecule has 0 spiro atoms. The zero-order chi connectivity index (χ0) is 13.2. The smallest absolute Gasteiger partial charge is 0.224 e. The van der Waals surface area contributed by atoms with E-state index in [2.05, 4.69) is 10.6 Å². The van der Waals surface area contributed by atoms with Crippen molar-refractivity contribution in [1.29, 1.82) is 0 Å². The summed E-state index contributed by atoms with van der Waals surface area (Å²) in [6.07, 6.45) is 5.45. The third-order valence-corrected chi connectivity index (χ3v) is 4.39. The minimum Gasteiger partial charge on any atom is -0.326 e. The third-order valence-electron chi connectivity index (χ3n) is 4.15. The number of halogens is 1. The van der Waals surface area contributed by atoms with Crippen LogP contribution in [0.4, 0.5) is 5.69 Å². The maximum Gasteiger partial charge on any atom is 0.224 e. The number of rotatable bonds is 3. The second kappa shape index (κ2) is 5.51. The third kappa shape index (κ3) is 3.28. The number of fused-ring (bicyclic) bond motifs is 2. The van der Waals surface area contributed by atoms with Crippen LogP contribution in [-0.4, -0.2) is 18.0 Å². The van der Waals surface area contributed by atoms with Crippen LogP contribution in [0.15, 0.2) is 24.3 Å². The topological polar surface area (TPSA) is 41.1 Å². The van der Waals surface area contributed by atoms with Gasteiger partial charge in [0.05, 0.1) is 0 Å². The fourth-order valence-corrected chi connectivity index (χ4v) is 3.57. The van der Waals surface area contributed by atoms with Gasteiger partial charge in [-0.25, -0.2) is 0 Å². The molecule has 1 amide bonds. The van der Waals surface area contributed by atoms with Gasteiger partial charge in [-0.3, -0.25) is 4.79 Å². The summed E-state index contributed by atoms with van der Waals surface area (Å²) >= 11 is 5.91. The average molecular weight is 279 g/mol. The Kier molecular flexibility index (Phi) is 3.76. The van der Waals surface area contributed by atoms with Gasteiger partial charge in [0, 0.05) is 29.2 Å². The number of hydrogen-bond donors (Lipinski definition) is 2. The molecule has 2 unspecified atom stereocenters. The van der Waals surface area contributed by atoms with Gasteiger partial charge in [0.25, 0.3) is 0 Å². The Morgan fingerprint density at radius 2 is 2.05 bits per heavy atom. The van der Waals surface area contributed by atoms with Crippen LogP contribution >= 0.6 is 11.6 Å². The molecule has 0 saturated carbocycles. The Morgan fingerprint density at radius 1 is 1.32 bits per heavy atom. The largest absolute Gasteiger partial charge is 0.326 e. The number of carbonyl (C=O) groups excluding carboxylic acids is 1. The van der Waals surface area contributed by atoms with E-state index < -0.39 is 0 Å². The van der Waals surface area contributed by atoms with Crippen molar-refractivity contribution >= 4 is 23.2 Å². The number of hydrogen-bond acceptors (Lipinski definition) is 2. The lowest BCUT2D eigenvalue weighted by molar-refractivity contribution is -0.117. The van der Waals surface area contributed by atoms with Crippen molar-refractivity contribution in [2.24, 2.45) is 5.92 Å². The van der Waals surface area contributed by atoms with E-state index in [4.69, 9.17) is 11.6 Å². The van der Waals surface area contributed by atoms with Crippen LogP contribution < -0.4 is 10.6 Å². The van der Waals surface area contributed by atoms with E-state index in [-0.39, 0.29) is 5.91 Å². The van der Waals surface area contributed by atoms with Gasteiger partial charge in [-0.15, -0.1) is 0 Å². The predicted molar refractivity (Wildman–Crippen MR) is 77.4 cm³/mol. The number of piperidine rings is 1. The van der Waals surface area contributed by atoms with E-state index in [0.29, 0.717) is 29.4 Å². The van der Waals surface area contributed by atoms with Crippen molar-refractivity contribution < 1.29 is 4.79 Å². The first-order chi connectivity index (χ1) is 9.19. The summed E-state index contributed by atoms with van der Waals surface area (Å²) in [4.78, 5) is 12.1. The zero-order valence-electron chi connectivity index (χ0n) is 10.9. The van der Waals surface area contributed by atoms with Crippen molar-refractivity contribution in [2.75, 3.05) is 5.32 Å². The quantitative estimate of drug-likeness (QED) is 0.891. The van der Waals surface area contributed by atoms with Gasteiger partial charge < -0.3 is 10.6 Å². The molecule has 4 heteroatoms. The molecule has 0 aromatic heterocycles. The maximum atomic E-state index is 12.1. The molecule has 1 aromatic rings. The first kappa shape index (κ1) is 12.9. The van der Waals surface area contributed by atoms with Gasteiger partial charge in [-0.2, -0.15) is 0 Å². The molecule has 2 atom stereocenters. The van der Waals surface area contributed by atoms with E-state index >= 15 is 0 Å². The number of anilines is 1. The van der Waals surface area contributed by atoms with Gasteiger partial charge in [0.1, 0.15) is 0 Å². The van der Waals surface area contributed by atoms with Gasteiger partial charge in [0.2, 0.25) is 5.91 Å². The maximum absolute atomic E-state index is 12.1. The van der Waals surface area contributed by atoms with Gasteiger partial charge in [0.15, 0.2) is 0 Å². The second-order valence-corrected chi connectivity index (χ2v) is 6.17. The first-order valence-electron chi connectivity index (χ1n) is 7.00. The lowest BCUT2D eigenvalue weighted by Gasteiger charge is -2.28. The van der Waals surface area contributed by atoms with Crippen LogP contribution in [-0.2, 0) is 4.79 Å². The van der Waals surface area contributed by atoms with Crippen LogP contribution in [0.1, 0.15) is 32.1 Å². The minimum absolute atomic E-state index is 0.105. The molecule has 2 N–H and O–H groups in total. The highest BCUT2D eigenvalue weighted by Crippen LogP contribution is 2.32. The van der Waals surface area contributed by atoms with Crippen LogP contribution in [0.3, 0.4) is 0 Å². The second-order valence-electron chi connectivity index (χ2n) is 5.74. The van der Waals surface area contributed by atoms with E-state index in [0.717, 1.165) is 18.5 Å². The normalized spacial score (nSPS) is 29.2. The molecular weight excluding hydrogens is 260 g/mol. The fraction of sp³-hybridized carbons (Fsp3) is 0.533. The molecular formula is C15H19ClN2O. The molecule has 3 nitrogen and oxygen atoms in total. The van der Waals surface area contributed by atoms with Crippen molar-refractivity contribution in [3.05, 3.63) is 29.3 Å². The summed E-state index contributed by atoms with van der Waals surface area (Å²) < 4.78 is 0. The number of benzene rings is 1. The van der Waals surface area contributed by atoms with Crippen molar-refractivity contribution in [1.82, 2.24) is 5.32 Å². The lowest BCUT2D eigenvalue weighted by atomic mass is 9.89. The molecule has 2 saturated heterocycles. The number of amides is 1. The molecule has 19 heavy (non-hydrogen) atoms. The monoisotopic (exact) mass is 278 g/mol. The summed E-state index contributed by atoms with van der Waals surface area (Å²) in [6.45, 7) is 0. The van der Waals surface area contributed by atoms with Crippen LogP contribution in [0.5, 0.6) is 0 Å². The molecule has 0 radical (unpaired) electrons. The van der Waals surface area contributed by atoms with E-state index in [9.17, 15) is 4.79 Å². The Morgan fingerprint density at radius 3 is 2.74 bits per heavy atom.